The monoisotopic (exact) mass is 312 g/mol. The van der Waals surface area contributed by atoms with Gasteiger partial charge in [0, 0.05) is 24.5 Å². The summed E-state index contributed by atoms with van der Waals surface area (Å²) in [5.74, 6) is -0.210. The van der Waals surface area contributed by atoms with Crippen LogP contribution in [0.2, 0.25) is 5.02 Å². The first-order chi connectivity index (χ1) is 10.0. The van der Waals surface area contributed by atoms with Crippen molar-refractivity contribution in [3.63, 3.8) is 0 Å². The van der Waals surface area contributed by atoms with Gasteiger partial charge in [0.2, 0.25) is 0 Å². The van der Waals surface area contributed by atoms with E-state index in [1.54, 1.807) is 29.2 Å². The molecule has 1 unspecified atom stereocenters. The Morgan fingerprint density at radius 2 is 2.10 bits per heavy atom. The van der Waals surface area contributed by atoms with Crippen LogP contribution in [0.1, 0.15) is 12.8 Å². The number of benzene rings is 1. The summed E-state index contributed by atoms with van der Waals surface area (Å²) in [6, 6.07) is 6.83. The smallest absolute Gasteiger partial charge is 0.317 e. The van der Waals surface area contributed by atoms with Gasteiger partial charge in [-0.15, -0.1) is 0 Å². The molecule has 2 amide bonds. The van der Waals surface area contributed by atoms with E-state index in [1.807, 2.05) is 0 Å². The Bertz CT molecular complexity index is 506. The Morgan fingerprint density at radius 1 is 1.38 bits per heavy atom. The van der Waals surface area contributed by atoms with E-state index in [0.29, 0.717) is 18.1 Å². The fourth-order valence-electron chi connectivity index (χ4n) is 2.10. The van der Waals surface area contributed by atoms with Crippen molar-refractivity contribution in [2.75, 3.05) is 19.6 Å². The summed E-state index contributed by atoms with van der Waals surface area (Å²) in [7, 11) is 0. The van der Waals surface area contributed by atoms with E-state index < -0.39 is 5.97 Å². The number of amides is 2. The number of ether oxygens (including phenoxy) is 1. The lowest BCUT2D eigenvalue weighted by molar-refractivity contribution is -0.136. The minimum absolute atomic E-state index is 0.0589. The zero-order valence-corrected chi connectivity index (χ0v) is 12.2. The Morgan fingerprint density at radius 3 is 2.76 bits per heavy atom. The predicted octanol–water partition coefficient (Wildman–Crippen LogP) is 1.98. The third-order valence-corrected chi connectivity index (χ3v) is 3.42. The largest absolute Gasteiger partial charge is 0.489 e. The molecule has 21 heavy (non-hydrogen) atoms. The lowest BCUT2D eigenvalue weighted by Crippen LogP contribution is -2.40. The maximum atomic E-state index is 11.8. The van der Waals surface area contributed by atoms with Crippen molar-refractivity contribution >= 4 is 23.6 Å². The second kappa shape index (κ2) is 7.17. The second-order valence-electron chi connectivity index (χ2n) is 4.80. The van der Waals surface area contributed by atoms with Gasteiger partial charge in [0.25, 0.3) is 0 Å². The fraction of sp³-hybridized carbons (Fsp3) is 0.429. The first-order valence-corrected chi connectivity index (χ1v) is 7.09. The topological polar surface area (TPSA) is 78.9 Å². The highest BCUT2D eigenvalue weighted by atomic mass is 35.5. The van der Waals surface area contributed by atoms with Crippen LogP contribution < -0.4 is 10.1 Å². The molecule has 0 aromatic heterocycles. The lowest BCUT2D eigenvalue weighted by Gasteiger charge is -2.17. The number of hydrogen-bond acceptors (Lipinski definition) is 3. The number of carboxylic acids is 1. The molecular weight excluding hydrogens is 296 g/mol. The highest BCUT2D eigenvalue weighted by molar-refractivity contribution is 6.30. The zero-order valence-electron chi connectivity index (χ0n) is 11.4. The van der Waals surface area contributed by atoms with Crippen LogP contribution >= 0.6 is 11.6 Å². The van der Waals surface area contributed by atoms with E-state index in [0.717, 1.165) is 12.2 Å². The molecule has 0 spiro atoms. The third kappa shape index (κ3) is 4.82. The molecule has 0 radical (unpaired) electrons. The number of urea groups is 1. The molecule has 114 valence electrons. The number of nitrogens with one attached hydrogen (secondary N) is 1. The van der Waals surface area contributed by atoms with Gasteiger partial charge in [-0.25, -0.2) is 4.79 Å². The molecule has 7 heteroatoms. The minimum atomic E-state index is -0.930. The van der Waals surface area contributed by atoms with Crippen LogP contribution in [-0.4, -0.2) is 47.7 Å². The van der Waals surface area contributed by atoms with Crippen molar-refractivity contribution in [1.29, 1.82) is 0 Å². The van der Waals surface area contributed by atoms with Crippen molar-refractivity contribution in [2.45, 2.75) is 18.9 Å². The lowest BCUT2D eigenvalue weighted by atomic mass is 10.3. The molecule has 0 saturated carbocycles. The molecule has 6 nitrogen and oxygen atoms in total. The van der Waals surface area contributed by atoms with Gasteiger partial charge in [-0.2, -0.15) is 0 Å². The maximum Gasteiger partial charge on any atom is 0.317 e. The summed E-state index contributed by atoms with van der Waals surface area (Å²) in [5, 5.41) is 11.8. The summed E-state index contributed by atoms with van der Waals surface area (Å²) >= 11 is 5.81. The average molecular weight is 313 g/mol. The molecule has 2 N–H and O–H groups in total. The van der Waals surface area contributed by atoms with E-state index in [1.165, 1.54) is 0 Å². The molecule has 2 rings (SSSR count). The SMILES string of the molecule is O=C(O)CCNC(=O)N1CCC(Oc2ccc(Cl)cc2)C1. The van der Waals surface area contributed by atoms with Crippen LogP contribution in [0.3, 0.4) is 0 Å². The van der Waals surface area contributed by atoms with Crippen LogP contribution in [0.5, 0.6) is 5.75 Å². The Labute approximate surface area is 127 Å². The van der Waals surface area contributed by atoms with E-state index in [-0.39, 0.29) is 25.1 Å². The fourth-order valence-corrected chi connectivity index (χ4v) is 2.23. The molecule has 1 saturated heterocycles. The number of likely N-dealkylation sites (tertiary alicyclic amines) is 1. The molecule has 1 heterocycles. The second-order valence-corrected chi connectivity index (χ2v) is 5.24. The Kier molecular flexibility index (Phi) is 5.27. The van der Waals surface area contributed by atoms with Gasteiger partial charge < -0.3 is 20.1 Å². The molecular formula is C14H17ClN2O4. The van der Waals surface area contributed by atoms with Gasteiger partial charge >= 0.3 is 12.0 Å². The summed E-state index contributed by atoms with van der Waals surface area (Å²) < 4.78 is 5.78. The number of halogens is 1. The molecule has 0 aliphatic carbocycles. The van der Waals surface area contributed by atoms with Crippen molar-refractivity contribution in [1.82, 2.24) is 10.2 Å². The van der Waals surface area contributed by atoms with E-state index in [4.69, 9.17) is 21.4 Å². The van der Waals surface area contributed by atoms with Crippen molar-refractivity contribution < 1.29 is 19.4 Å². The number of hydrogen-bond donors (Lipinski definition) is 2. The quantitative estimate of drug-likeness (QED) is 0.871. The standard InChI is InChI=1S/C14H17ClN2O4/c15-10-1-3-11(4-2-10)21-12-6-8-17(9-12)14(20)16-7-5-13(18)19/h1-4,12H,5-9H2,(H,16,20)(H,18,19). The van der Waals surface area contributed by atoms with Gasteiger partial charge in [0.1, 0.15) is 11.9 Å². The number of nitrogens with zero attached hydrogens (tertiary/aromatic N) is 1. The molecule has 1 aromatic rings. The van der Waals surface area contributed by atoms with Crippen LogP contribution in [0.4, 0.5) is 4.79 Å². The predicted molar refractivity (Wildman–Crippen MR) is 77.7 cm³/mol. The van der Waals surface area contributed by atoms with E-state index in [9.17, 15) is 9.59 Å². The third-order valence-electron chi connectivity index (χ3n) is 3.16. The van der Waals surface area contributed by atoms with Crippen LogP contribution in [0.25, 0.3) is 0 Å². The highest BCUT2D eigenvalue weighted by Crippen LogP contribution is 2.20. The van der Waals surface area contributed by atoms with Gasteiger partial charge in [-0.1, -0.05) is 11.6 Å². The number of rotatable bonds is 5. The number of carbonyl (C=O) groups excluding carboxylic acids is 1. The minimum Gasteiger partial charge on any atom is -0.489 e. The molecule has 1 fully saturated rings. The molecule has 0 bridgehead atoms. The van der Waals surface area contributed by atoms with Crippen molar-refractivity contribution in [3.05, 3.63) is 29.3 Å². The first-order valence-electron chi connectivity index (χ1n) is 6.71. The number of carboxylic acid groups (broad SMARTS) is 1. The van der Waals surface area contributed by atoms with Crippen molar-refractivity contribution in [2.24, 2.45) is 0 Å². The molecule has 1 aliphatic rings. The van der Waals surface area contributed by atoms with Gasteiger partial charge in [0.05, 0.1) is 13.0 Å². The van der Waals surface area contributed by atoms with Gasteiger partial charge in [0.15, 0.2) is 0 Å². The van der Waals surface area contributed by atoms with Crippen LogP contribution in [-0.2, 0) is 4.79 Å². The van der Waals surface area contributed by atoms with Crippen LogP contribution in [0, 0.1) is 0 Å². The van der Waals surface area contributed by atoms with Crippen molar-refractivity contribution in [3.8, 4) is 5.75 Å². The summed E-state index contributed by atoms with van der Waals surface area (Å²) in [6.07, 6.45) is 0.607. The average Bonchev–Trinajstić information content (AvgIpc) is 2.89. The maximum absolute atomic E-state index is 11.8. The molecule has 1 aromatic carbocycles. The summed E-state index contributed by atoms with van der Waals surface area (Å²) in [6.45, 7) is 1.21. The Hall–Kier alpha value is -1.95. The molecule has 1 aliphatic heterocycles. The Balaban J connectivity index is 1.76. The van der Waals surface area contributed by atoms with Gasteiger partial charge in [-0.3, -0.25) is 4.79 Å². The molecule has 1 atom stereocenters. The number of aliphatic carboxylic acids is 1. The van der Waals surface area contributed by atoms with Crippen LogP contribution in [0.15, 0.2) is 24.3 Å². The summed E-state index contributed by atoms with van der Waals surface area (Å²) in [4.78, 5) is 23.8. The normalized spacial score (nSPS) is 17.6. The first kappa shape index (κ1) is 15.4. The zero-order chi connectivity index (χ0) is 15.2. The van der Waals surface area contributed by atoms with E-state index >= 15 is 0 Å². The van der Waals surface area contributed by atoms with E-state index in [2.05, 4.69) is 5.32 Å². The summed E-state index contributed by atoms with van der Waals surface area (Å²) in [5.41, 5.74) is 0. The van der Waals surface area contributed by atoms with Gasteiger partial charge in [-0.05, 0) is 24.3 Å². The highest BCUT2D eigenvalue weighted by Gasteiger charge is 2.27. The number of carbonyl (C=O) groups is 2.